The lowest BCUT2D eigenvalue weighted by atomic mass is 10.1. The van der Waals surface area contributed by atoms with E-state index in [0.29, 0.717) is 56.6 Å². The summed E-state index contributed by atoms with van der Waals surface area (Å²) >= 11 is 1.75. The molecule has 0 aromatic carbocycles. The number of epoxide rings is 1. The number of carbonyl (C=O) groups is 5. The van der Waals surface area contributed by atoms with Gasteiger partial charge in [0.05, 0.1) is 24.4 Å². The predicted octanol–water partition coefficient (Wildman–Crippen LogP) is 28.0. The van der Waals surface area contributed by atoms with E-state index in [1.165, 1.54) is 122 Å². The molecule has 0 aromatic rings. The Hall–Kier alpha value is -7.74. The van der Waals surface area contributed by atoms with E-state index >= 15 is 0 Å². The number of thioether (sulfide) groups is 1. The molecule has 9 N–H and O–H groups in total. The van der Waals surface area contributed by atoms with E-state index in [1.807, 2.05) is 79.0 Å². The Labute approximate surface area is 738 Å². The van der Waals surface area contributed by atoms with Gasteiger partial charge < -0.3 is 45.6 Å². The van der Waals surface area contributed by atoms with Crippen molar-refractivity contribution >= 4 is 41.6 Å². The maximum Gasteiger partial charge on any atom is 0.303 e. The normalized spacial score (nSPS) is 15.7. The minimum atomic E-state index is -0.842. The fourth-order valence-corrected chi connectivity index (χ4v) is 12.0. The van der Waals surface area contributed by atoms with Gasteiger partial charge in [0.15, 0.2) is 0 Å². The van der Waals surface area contributed by atoms with Gasteiger partial charge in [0, 0.05) is 42.6 Å². The standard InChI is InChI=1S/C24H40O3S.2C20H32O4.C20H30O3.C20H32O2/c1-4-6-7-8-9-10-11-12-13-14-15-16-19-23(28-21(3)5-2)22(25)18-17-20-24(26)27;1-2-3-4-5-6-9-13-18(21)14-10-7-8-11-15-19(22)16-12-17-20(23)24;1-2-3-4-5-6-7-8-9-10-11-12-13-14-16-19(24-23)17-15-18-20(21)22;1-2-3-4-5-6-7-8-9-10-11-12-13-15-18-19(23-18)16-14-17-20(21)22;1-2-3-4-5-6-7-8-9-10-11-12-13-14-15-16-17-18-19-20(21)22/h9-10,12-16,19,21-23,25H,4-8,11,17-18,20H2,1-3H3,(H,26,27);6-11,14-15,18-19,21-22H,2-5,12-13,16-17H2,1H3,(H,23,24);6-7,9-10,12-14,16,19,23H,2-5,8,11,15,17-18H2,1H3,(H,21,22);6-7,9-13,15,18-19H,2-5,8,14,16-17H2,1H3,(H,21,22);6-7,9-10,12-13,15-16H,2-5,8,11,14,17-19H2,1H3,(H,21,22)/b10-9-,13-12-,15-14+,19-16+;8-7+,9-6-,14-10+,15-11-;7-6-,10-9-,13-12-,16-14+;7-6-,10-9-,12-11+,15-13+;7-6-,10-9-,13-12-,16-15-. The summed E-state index contributed by atoms with van der Waals surface area (Å²) in [6.45, 7) is 15.4. The summed E-state index contributed by atoms with van der Waals surface area (Å²) in [5, 5.41) is 81.9. The van der Waals surface area contributed by atoms with E-state index in [1.54, 1.807) is 54.3 Å². The Bertz CT molecular complexity index is 3050. The number of carboxylic acid groups (broad SMARTS) is 5. The lowest BCUT2D eigenvalue weighted by Gasteiger charge is -2.22. The number of rotatable bonds is 73. The second-order valence-corrected chi connectivity index (χ2v) is 31.3. The second-order valence-electron chi connectivity index (χ2n) is 29.7. The lowest BCUT2D eigenvalue weighted by Crippen LogP contribution is -2.23. The van der Waals surface area contributed by atoms with Crippen LogP contribution in [-0.4, -0.2) is 123 Å². The second kappa shape index (κ2) is 99.4. The number of ether oxygens (including phenoxy) is 1. The quantitative estimate of drug-likeness (QED) is 0.00683. The molecule has 1 saturated heterocycles. The van der Waals surface area contributed by atoms with Crippen LogP contribution in [0.2, 0.25) is 0 Å². The summed E-state index contributed by atoms with van der Waals surface area (Å²) in [6.07, 6.45) is 120. The number of hydrogen-bond acceptors (Lipinski definition) is 12. The molecule has 1 aliphatic rings. The van der Waals surface area contributed by atoms with Crippen LogP contribution in [0.5, 0.6) is 0 Å². The van der Waals surface area contributed by atoms with E-state index in [4.69, 9.17) is 35.5 Å². The number of aliphatic hydroxyl groups is 3. The van der Waals surface area contributed by atoms with Gasteiger partial charge in [0.1, 0.15) is 12.2 Å². The molecule has 8 atom stereocenters. The Morgan fingerprint density at radius 1 is 0.339 bits per heavy atom. The van der Waals surface area contributed by atoms with Crippen LogP contribution >= 0.6 is 11.8 Å². The van der Waals surface area contributed by atoms with E-state index in [2.05, 4.69) is 175 Å². The van der Waals surface area contributed by atoms with Crippen molar-refractivity contribution in [3.8, 4) is 0 Å². The highest BCUT2D eigenvalue weighted by Crippen LogP contribution is 2.29. The average molecular weight is 1700 g/mol. The first-order valence-corrected chi connectivity index (χ1v) is 46.7. The van der Waals surface area contributed by atoms with Gasteiger partial charge in [-0.2, -0.15) is 0 Å². The van der Waals surface area contributed by atoms with Crippen molar-refractivity contribution in [3.63, 3.8) is 0 Å². The molecular formula is C104H166O16S. The van der Waals surface area contributed by atoms with Gasteiger partial charge in [-0.15, -0.1) is 11.8 Å². The van der Waals surface area contributed by atoms with Crippen molar-refractivity contribution < 1.29 is 79.7 Å². The summed E-state index contributed by atoms with van der Waals surface area (Å²) in [5.74, 6) is -3.93. The van der Waals surface area contributed by atoms with Crippen LogP contribution in [0.15, 0.2) is 243 Å². The summed E-state index contributed by atoms with van der Waals surface area (Å²) in [5.41, 5.74) is 0. The number of carboxylic acids is 5. The van der Waals surface area contributed by atoms with Gasteiger partial charge >= 0.3 is 29.8 Å². The molecule has 16 nitrogen and oxygen atoms in total. The summed E-state index contributed by atoms with van der Waals surface area (Å²) in [4.78, 5) is 56.4. The third-order valence-electron chi connectivity index (χ3n) is 18.2. The highest BCUT2D eigenvalue weighted by Gasteiger charge is 2.35. The molecule has 121 heavy (non-hydrogen) atoms. The van der Waals surface area contributed by atoms with Crippen molar-refractivity contribution in [1.82, 2.24) is 0 Å². The molecule has 0 bridgehead atoms. The minimum absolute atomic E-state index is 0.0107. The highest BCUT2D eigenvalue weighted by molar-refractivity contribution is 8.00. The van der Waals surface area contributed by atoms with Crippen LogP contribution in [0, 0.1) is 0 Å². The molecule has 17 heteroatoms. The number of aliphatic hydroxyl groups excluding tert-OH is 3. The van der Waals surface area contributed by atoms with Gasteiger partial charge in [-0.05, 0) is 186 Å². The number of aliphatic carboxylic acids is 5. The maximum absolute atomic E-state index is 10.7. The van der Waals surface area contributed by atoms with Crippen LogP contribution in [0.25, 0.3) is 0 Å². The smallest absolute Gasteiger partial charge is 0.303 e. The first-order chi connectivity index (χ1) is 58.8. The summed E-state index contributed by atoms with van der Waals surface area (Å²) in [7, 11) is 0. The van der Waals surface area contributed by atoms with Gasteiger partial charge in [0.2, 0.25) is 0 Å². The van der Waals surface area contributed by atoms with Gasteiger partial charge in [-0.1, -0.05) is 356 Å². The molecular weight excluding hydrogens is 1540 g/mol. The van der Waals surface area contributed by atoms with Crippen LogP contribution in [0.1, 0.15) is 331 Å². The SMILES string of the molecule is CCCCC/C=C\C/C=C\C/C=C\C/C=C\CCCC(=O)O.CCCCC/C=C\C/C=C\C/C=C\C=C\C(CCCC(=O)O)OO.CCCCC/C=C\CC(O)/C=C/C=C/C=C\C(O)CCCC(=O)O.CCCCC/C=C\C\C=C/C=C/C=C/C(SC(C)CC)C(O)CCCC(=O)O.CCCCC/C=C\C\C=C/C=C/C=C/C1OC1CCCC(=O)O. The zero-order valence-corrected chi connectivity index (χ0v) is 76.4. The Morgan fingerprint density at radius 3 is 1.07 bits per heavy atom. The van der Waals surface area contributed by atoms with Crippen molar-refractivity contribution in [2.24, 2.45) is 0 Å². The number of allylic oxidation sites excluding steroid dienone is 34. The highest BCUT2D eigenvalue weighted by atomic mass is 32.2. The molecule has 8 unspecified atom stereocenters. The van der Waals surface area contributed by atoms with Crippen molar-refractivity contribution in [3.05, 3.63) is 243 Å². The summed E-state index contributed by atoms with van der Waals surface area (Å²) in [6, 6.07) is 0. The monoisotopic (exact) mass is 1700 g/mol. The topological polar surface area (TPSA) is 289 Å². The van der Waals surface area contributed by atoms with Crippen molar-refractivity contribution in [1.29, 1.82) is 0 Å². The zero-order valence-electron chi connectivity index (χ0n) is 75.6. The van der Waals surface area contributed by atoms with E-state index in [9.17, 15) is 39.3 Å². The predicted molar refractivity (Wildman–Crippen MR) is 513 cm³/mol. The molecule has 1 aliphatic heterocycles. The van der Waals surface area contributed by atoms with Gasteiger partial charge in [0.25, 0.3) is 0 Å². The first-order valence-electron chi connectivity index (χ1n) is 45.7. The Morgan fingerprint density at radius 2 is 0.661 bits per heavy atom. The van der Waals surface area contributed by atoms with E-state index in [0.717, 1.165) is 77.0 Å². The van der Waals surface area contributed by atoms with Crippen LogP contribution in [-0.2, 0) is 33.6 Å². The molecule has 0 radical (unpaired) electrons. The van der Waals surface area contributed by atoms with Gasteiger partial charge in [-0.25, -0.2) is 4.89 Å². The van der Waals surface area contributed by atoms with Crippen LogP contribution < -0.4 is 0 Å². The molecule has 0 aromatic heterocycles. The van der Waals surface area contributed by atoms with E-state index < -0.39 is 54.3 Å². The zero-order chi connectivity index (χ0) is 90.0. The molecule has 1 heterocycles. The average Bonchev–Trinajstić information content (AvgIpc) is 1.70. The third-order valence-corrected chi connectivity index (χ3v) is 19.8. The van der Waals surface area contributed by atoms with Gasteiger partial charge in [-0.3, -0.25) is 29.2 Å². The van der Waals surface area contributed by atoms with E-state index in [-0.39, 0.29) is 49.6 Å². The molecule has 684 valence electrons. The number of hydrogen-bond donors (Lipinski definition) is 9. The molecule has 0 spiro atoms. The molecule has 1 fully saturated rings. The Kier molecular flexibility index (Phi) is 98.2. The van der Waals surface area contributed by atoms with Crippen LogP contribution in [0.3, 0.4) is 0 Å². The van der Waals surface area contributed by atoms with Crippen molar-refractivity contribution in [2.75, 3.05) is 0 Å². The molecule has 0 saturated carbocycles. The van der Waals surface area contributed by atoms with Crippen molar-refractivity contribution in [2.45, 2.75) is 378 Å². The first kappa shape index (κ1) is 120. The molecule has 0 amide bonds. The fraction of sp³-hybridized carbons (Fsp3) is 0.567. The lowest BCUT2D eigenvalue weighted by molar-refractivity contribution is -0.267. The summed E-state index contributed by atoms with van der Waals surface area (Å²) < 4.78 is 5.46. The largest absolute Gasteiger partial charge is 0.481 e. The van der Waals surface area contributed by atoms with Crippen LogP contribution in [0.4, 0.5) is 0 Å². The molecule has 0 aliphatic carbocycles. The number of unbranched alkanes of at least 4 members (excludes halogenated alkanes) is 16. The molecule has 1 rings (SSSR count). The maximum atomic E-state index is 10.7. The fourth-order valence-electron chi connectivity index (χ4n) is 10.8. The third kappa shape index (κ3) is 106. The minimum Gasteiger partial charge on any atom is -0.481 e. The Balaban J connectivity index is -0.000000709.